The van der Waals surface area contributed by atoms with Crippen molar-refractivity contribution in [2.45, 2.75) is 63.2 Å². The molecular weight excluding hydrogens is 578 g/mol. The van der Waals surface area contributed by atoms with Crippen LogP contribution in [-0.2, 0) is 11.8 Å². The molecule has 0 bridgehead atoms. The third kappa shape index (κ3) is 6.86. The molecule has 0 unspecified atom stereocenters. The molecule has 6 heteroatoms. The van der Waals surface area contributed by atoms with Crippen LogP contribution in [0, 0.1) is 11.6 Å². The van der Waals surface area contributed by atoms with E-state index in [-0.39, 0.29) is 16.9 Å². The molecule has 0 amide bonds. The number of anilines is 2. The second-order valence-corrected chi connectivity index (χ2v) is 12.3. The van der Waals surface area contributed by atoms with Crippen LogP contribution in [0.4, 0.5) is 20.2 Å². The van der Waals surface area contributed by atoms with Gasteiger partial charge in [-0.15, -0.1) is 0 Å². The average molecular weight is 619 g/mol. The maximum atomic E-state index is 14.4. The number of benzene rings is 5. The summed E-state index contributed by atoms with van der Waals surface area (Å²) in [7, 11) is 0. The lowest BCUT2D eigenvalue weighted by Crippen LogP contribution is -2.32. The Bertz CT molecular complexity index is 1660. The predicted octanol–water partition coefficient (Wildman–Crippen LogP) is 10.7. The average Bonchev–Trinajstić information content (AvgIpc) is 3.07. The van der Waals surface area contributed by atoms with E-state index in [1.54, 1.807) is 12.1 Å². The Labute approximate surface area is 270 Å². The Hall–Kier alpha value is -4.84. The van der Waals surface area contributed by atoms with E-state index in [1.165, 1.54) is 59.4 Å². The lowest BCUT2D eigenvalue weighted by molar-refractivity contribution is 0.314. The maximum absolute atomic E-state index is 14.4. The van der Waals surface area contributed by atoms with Gasteiger partial charge in [-0.1, -0.05) is 61.9 Å². The molecule has 0 radical (unpaired) electrons. The molecule has 0 heterocycles. The molecule has 4 N–H and O–H groups in total. The smallest absolute Gasteiger partial charge is 0.167 e. The van der Waals surface area contributed by atoms with Gasteiger partial charge in [0, 0.05) is 28.9 Å². The highest BCUT2D eigenvalue weighted by atomic mass is 19.1. The van der Waals surface area contributed by atoms with E-state index in [0.717, 1.165) is 32.1 Å². The first-order valence-electron chi connectivity index (χ1n) is 16.1. The van der Waals surface area contributed by atoms with E-state index < -0.39 is 11.6 Å². The number of unbranched alkanes of at least 4 members (excludes halogenated alkanes) is 1. The molecule has 0 atom stereocenters. The Morgan fingerprint density at radius 2 is 1.13 bits per heavy atom. The fourth-order valence-corrected chi connectivity index (χ4v) is 6.66. The van der Waals surface area contributed by atoms with Crippen LogP contribution in [0.5, 0.6) is 23.0 Å². The molecule has 4 nitrogen and oxygen atoms in total. The number of nitrogen functional groups attached to an aromatic ring is 2. The summed E-state index contributed by atoms with van der Waals surface area (Å²) in [5, 5.41) is 0. The molecule has 0 aliphatic heterocycles. The summed E-state index contributed by atoms with van der Waals surface area (Å²) < 4.78 is 40.5. The van der Waals surface area contributed by atoms with Crippen LogP contribution in [0.15, 0.2) is 109 Å². The number of aryl methyl sites for hydroxylation is 1. The van der Waals surface area contributed by atoms with Crippen molar-refractivity contribution >= 4 is 11.4 Å². The number of nitrogens with two attached hydrogens (primary N) is 2. The van der Waals surface area contributed by atoms with Gasteiger partial charge in [-0.25, -0.2) is 8.78 Å². The normalized spacial score (nSPS) is 14.6. The van der Waals surface area contributed by atoms with E-state index in [2.05, 4.69) is 55.5 Å². The number of rotatable bonds is 10. The summed E-state index contributed by atoms with van der Waals surface area (Å²) in [6.45, 7) is 2.23. The molecule has 0 aromatic heterocycles. The summed E-state index contributed by atoms with van der Waals surface area (Å²) in [4.78, 5) is 0. The van der Waals surface area contributed by atoms with Gasteiger partial charge in [0.25, 0.3) is 0 Å². The Morgan fingerprint density at radius 1 is 0.652 bits per heavy atom. The lowest BCUT2D eigenvalue weighted by Gasteiger charge is -2.41. The van der Waals surface area contributed by atoms with Crippen LogP contribution in [-0.4, -0.2) is 0 Å². The second kappa shape index (κ2) is 13.7. The summed E-state index contributed by atoms with van der Waals surface area (Å²) in [5.41, 5.74) is 17.0. The largest absolute Gasteiger partial charge is 0.454 e. The standard InChI is InChI=1S/C40H40F2N2O2/c1-2-3-4-27-5-7-28(8-6-27)29-21-23-40(24-22-29,30-9-15-34(16-10-30)45-38-19-13-32(43)25-36(38)41)31-11-17-35(18-12-31)46-39-20-14-33(44)26-37(39)42/h5-20,25-26,29H,2-4,21-24,43-44H2,1H3. The molecule has 236 valence electrons. The molecule has 1 aliphatic rings. The van der Waals surface area contributed by atoms with Crippen molar-refractivity contribution in [2.24, 2.45) is 0 Å². The fourth-order valence-electron chi connectivity index (χ4n) is 6.66. The van der Waals surface area contributed by atoms with Crippen LogP contribution in [0.2, 0.25) is 0 Å². The summed E-state index contributed by atoms with van der Waals surface area (Å²) in [6, 6.07) is 34.0. The molecule has 5 aromatic rings. The molecule has 1 saturated carbocycles. The van der Waals surface area contributed by atoms with Crippen molar-refractivity contribution < 1.29 is 18.3 Å². The minimum absolute atomic E-state index is 0.131. The zero-order valence-corrected chi connectivity index (χ0v) is 26.1. The maximum Gasteiger partial charge on any atom is 0.167 e. The Morgan fingerprint density at radius 3 is 1.57 bits per heavy atom. The van der Waals surface area contributed by atoms with Crippen molar-refractivity contribution in [3.63, 3.8) is 0 Å². The van der Waals surface area contributed by atoms with Crippen molar-refractivity contribution in [1.82, 2.24) is 0 Å². The van der Waals surface area contributed by atoms with Gasteiger partial charge >= 0.3 is 0 Å². The molecule has 1 aliphatic carbocycles. The zero-order valence-electron chi connectivity index (χ0n) is 26.1. The Balaban J connectivity index is 1.26. The first-order valence-corrected chi connectivity index (χ1v) is 16.1. The first kappa shape index (κ1) is 31.2. The fraction of sp³-hybridized carbons (Fsp3) is 0.250. The van der Waals surface area contributed by atoms with Gasteiger partial charge in [-0.05, 0) is 115 Å². The highest BCUT2D eigenvalue weighted by Crippen LogP contribution is 2.49. The van der Waals surface area contributed by atoms with Crippen molar-refractivity contribution in [2.75, 3.05) is 11.5 Å². The highest BCUT2D eigenvalue weighted by Gasteiger charge is 2.39. The molecule has 0 saturated heterocycles. The van der Waals surface area contributed by atoms with Crippen molar-refractivity contribution in [3.05, 3.63) is 143 Å². The number of ether oxygens (including phenoxy) is 2. The van der Waals surface area contributed by atoms with Gasteiger partial charge in [0.05, 0.1) is 0 Å². The van der Waals surface area contributed by atoms with Gasteiger partial charge in [0.2, 0.25) is 0 Å². The van der Waals surface area contributed by atoms with Gasteiger partial charge < -0.3 is 20.9 Å². The minimum Gasteiger partial charge on any atom is -0.454 e. The third-order valence-electron chi connectivity index (χ3n) is 9.29. The summed E-state index contributed by atoms with van der Waals surface area (Å²) in [5.74, 6) is 0.844. The van der Waals surface area contributed by atoms with Crippen LogP contribution in [0.3, 0.4) is 0 Å². The second-order valence-electron chi connectivity index (χ2n) is 12.3. The summed E-state index contributed by atoms with van der Waals surface area (Å²) >= 11 is 0. The van der Waals surface area contributed by atoms with E-state index in [4.69, 9.17) is 20.9 Å². The van der Waals surface area contributed by atoms with Gasteiger partial charge in [0.15, 0.2) is 23.1 Å². The zero-order chi connectivity index (χ0) is 32.1. The van der Waals surface area contributed by atoms with Crippen LogP contribution in [0.1, 0.15) is 73.6 Å². The summed E-state index contributed by atoms with van der Waals surface area (Å²) in [6.07, 6.45) is 7.52. The topological polar surface area (TPSA) is 70.5 Å². The van der Waals surface area contributed by atoms with Gasteiger partial charge in [-0.2, -0.15) is 0 Å². The van der Waals surface area contributed by atoms with Gasteiger partial charge in [-0.3, -0.25) is 0 Å². The molecule has 5 aromatic carbocycles. The lowest BCUT2D eigenvalue weighted by atomic mass is 9.62. The van der Waals surface area contributed by atoms with Crippen LogP contribution in [0.25, 0.3) is 0 Å². The monoisotopic (exact) mass is 618 g/mol. The number of halogens is 2. The van der Waals surface area contributed by atoms with E-state index in [0.29, 0.717) is 28.8 Å². The molecule has 1 fully saturated rings. The molecular formula is C40H40F2N2O2. The van der Waals surface area contributed by atoms with Crippen molar-refractivity contribution in [1.29, 1.82) is 0 Å². The Kier molecular flexibility index (Phi) is 9.25. The predicted molar refractivity (Wildman–Crippen MR) is 182 cm³/mol. The third-order valence-corrected chi connectivity index (χ3v) is 9.29. The number of hydrogen-bond acceptors (Lipinski definition) is 4. The van der Waals surface area contributed by atoms with Crippen LogP contribution < -0.4 is 20.9 Å². The van der Waals surface area contributed by atoms with Gasteiger partial charge in [0.1, 0.15) is 11.5 Å². The minimum atomic E-state index is -0.501. The first-order chi connectivity index (χ1) is 22.3. The molecule has 46 heavy (non-hydrogen) atoms. The van der Waals surface area contributed by atoms with E-state index >= 15 is 0 Å². The SMILES string of the molecule is CCCCc1ccc(C2CCC(c3ccc(Oc4ccc(N)cc4F)cc3)(c3ccc(Oc4ccc(N)cc4F)cc3)CC2)cc1. The van der Waals surface area contributed by atoms with E-state index in [1.807, 2.05) is 24.3 Å². The van der Waals surface area contributed by atoms with Crippen molar-refractivity contribution in [3.8, 4) is 23.0 Å². The molecule has 0 spiro atoms. The van der Waals surface area contributed by atoms with E-state index in [9.17, 15) is 8.78 Å². The molecule has 6 rings (SSSR count). The quantitative estimate of drug-likeness (QED) is 0.153. The number of hydrogen-bond donors (Lipinski definition) is 2. The van der Waals surface area contributed by atoms with Crippen LogP contribution >= 0.6 is 0 Å². The highest BCUT2D eigenvalue weighted by molar-refractivity contribution is 5.48.